The van der Waals surface area contributed by atoms with Crippen LogP contribution in [0.4, 0.5) is 0 Å². The van der Waals surface area contributed by atoms with Crippen molar-refractivity contribution < 1.29 is 9.47 Å². The standard InChI is InChI=1S/C18H23NO2/c1-13(19-2)12-14-8-10-15(11-9-14)16-6-5-7-17(20-3)18(16)21-4/h5-11,13,19H,12H2,1-4H3. The summed E-state index contributed by atoms with van der Waals surface area (Å²) in [6, 6.07) is 15.0. The lowest BCUT2D eigenvalue weighted by molar-refractivity contribution is 0.356. The number of likely N-dealkylation sites (N-methyl/N-ethyl adjacent to an activating group) is 1. The molecule has 0 bridgehead atoms. The van der Waals surface area contributed by atoms with Crippen LogP contribution in [0.2, 0.25) is 0 Å². The minimum Gasteiger partial charge on any atom is -0.493 e. The monoisotopic (exact) mass is 285 g/mol. The third-order valence-electron chi connectivity index (χ3n) is 3.70. The molecule has 0 fully saturated rings. The molecule has 0 radical (unpaired) electrons. The number of nitrogens with one attached hydrogen (secondary N) is 1. The van der Waals surface area contributed by atoms with E-state index >= 15 is 0 Å². The van der Waals surface area contributed by atoms with Crippen LogP contribution in [0.25, 0.3) is 11.1 Å². The van der Waals surface area contributed by atoms with Crippen LogP contribution in [0.1, 0.15) is 12.5 Å². The fraction of sp³-hybridized carbons (Fsp3) is 0.333. The van der Waals surface area contributed by atoms with E-state index in [2.05, 4.69) is 36.5 Å². The van der Waals surface area contributed by atoms with Gasteiger partial charge in [-0.1, -0.05) is 36.4 Å². The Hall–Kier alpha value is -2.00. The van der Waals surface area contributed by atoms with Crippen molar-refractivity contribution in [2.45, 2.75) is 19.4 Å². The number of hydrogen-bond donors (Lipinski definition) is 1. The van der Waals surface area contributed by atoms with E-state index in [1.54, 1.807) is 14.2 Å². The molecule has 0 aliphatic rings. The van der Waals surface area contributed by atoms with E-state index in [-0.39, 0.29) is 0 Å². The van der Waals surface area contributed by atoms with E-state index in [1.807, 2.05) is 25.2 Å². The predicted octanol–water partition coefficient (Wildman–Crippen LogP) is 3.52. The summed E-state index contributed by atoms with van der Waals surface area (Å²) in [5.41, 5.74) is 3.50. The van der Waals surface area contributed by atoms with Crippen molar-refractivity contribution in [1.29, 1.82) is 0 Å². The Balaban J connectivity index is 2.30. The molecule has 3 nitrogen and oxygen atoms in total. The molecule has 1 N–H and O–H groups in total. The average molecular weight is 285 g/mol. The van der Waals surface area contributed by atoms with Gasteiger partial charge in [-0.15, -0.1) is 0 Å². The number of hydrogen-bond acceptors (Lipinski definition) is 3. The summed E-state index contributed by atoms with van der Waals surface area (Å²) >= 11 is 0. The molecule has 0 spiro atoms. The second kappa shape index (κ2) is 7.14. The molecule has 21 heavy (non-hydrogen) atoms. The molecule has 3 heteroatoms. The minimum absolute atomic E-state index is 0.474. The van der Waals surface area contributed by atoms with E-state index in [4.69, 9.17) is 9.47 Å². The summed E-state index contributed by atoms with van der Waals surface area (Å²) in [5.74, 6) is 1.53. The zero-order valence-corrected chi connectivity index (χ0v) is 13.1. The third kappa shape index (κ3) is 3.56. The molecular weight excluding hydrogens is 262 g/mol. The van der Waals surface area contributed by atoms with Crippen molar-refractivity contribution in [2.75, 3.05) is 21.3 Å². The summed E-state index contributed by atoms with van der Waals surface area (Å²) in [4.78, 5) is 0. The highest BCUT2D eigenvalue weighted by molar-refractivity contribution is 5.73. The normalized spacial score (nSPS) is 12.0. The third-order valence-corrected chi connectivity index (χ3v) is 3.70. The number of methoxy groups -OCH3 is 2. The highest BCUT2D eigenvalue weighted by atomic mass is 16.5. The van der Waals surface area contributed by atoms with Crippen molar-refractivity contribution in [1.82, 2.24) is 5.32 Å². The van der Waals surface area contributed by atoms with Gasteiger partial charge in [0.15, 0.2) is 11.5 Å². The van der Waals surface area contributed by atoms with Crippen molar-refractivity contribution in [2.24, 2.45) is 0 Å². The van der Waals surface area contributed by atoms with E-state index in [0.717, 1.165) is 29.0 Å². The molecule has 2 aromatic rings. The fourth-order valence-corrected chi connectivity index (χ4v) is 2.39. The van der Waals surface area contributed by atoms with Gasteiger partial charge >= 0.3 is 0 Å². The Morgan fingerprint density at radius 1 is 1.00 bits per heavy atom. The molecule has 0 saturated carbocycles. The van der Waals surface area contributed by atoms with Crippen LogP contribution in [-0.4, -0.2) is 27.3 Å². The van der Waals surface area contributed by atoms with Gasteiger partial charge in [-0.2, -0.15) is 0 Å². The van der Waals surface area contributed by atoms with E-state index in [9.17, 15) is 0 Å². The minimum atomic E-state index is 0.474. The maximum Gasteiger partial charge on any atom is 0.168 e. The molecule has 0 aromatic heterocycles. The zero-order valence-electron chi connectivity index (χ0n) is 13.1. The largest absolute Gasteiger partial charge is 0.493 e. The van der Waals surface area contributed by atoms with Crippen LogP contribution in [0.3, 0.4) is 0 Å². The van der Waals surface area contributed by atoms with Gasteiger partial charge in [0, 0.05) is 11.6 Å². The van der Waals surface area contributed by atoms with Gasteiger partial charge in [-0.05, 0) is 37.6 Å². The summed E-state index contributed by atoms with van der Waals surface area (Å²) < 4.78 is 10.9. The lowest BCUT2D eigenvalue weighted by atomic mass is 10.00. The molecule has 112 valence electrons. The van der Waals surface area contributed by atoms with Gasteiger partial charge in [0.2, 0.25) is 0 Å². The first-order valence-corrected chi connectivity index (χ1v) is 7.17. The maximum absolute atomic E-state index is 5.50. The number of para-hydroxylation sites is 1. The maximum atomic E-state index is 5.50. The Kier molecular flexibility index (Phi) is 5.23. The molecule has 2 rings (SSSR count). The first kappa shape index (κ1) is 15.4. The molecular formula is C18H23NO2. The molecule has 2 aromatic carbocycles. The van der Waals surface area contributed by atoms with Gasteiger partial charge in [0.1, 0.15) is 0 Å². The smallest absolute Gasteiger partial charge is 0.168 e. The van der Waals surface area contributed by atoms with Crippen molar-refractivity contribution in [3.05, 3.63) is 48.0 Å². The Morgan fingerprint density at radius 3 is 2.29 bits per heavy atom. The molecule has 1 unspecified atom stereocenters. The van der Waals surface area contributed by atoms with Crippen molar-refractivity contribution in [3.8, 4) is 22.6 Å². The van der Waals surface area contributed by atoms with Crippen LogP contribution in [0, 0.1) is 0 Å². The van der Waals surface area contributed by atoms with Crippen molar-refractivity contribution in [3.63, 3.8) is 0 Å². The summed E-state index contributed by atoms with van der Waals surface area (Å²) in [5, 5.41) is 3.26. The molecule has 0 aliphatic heterocycles. The van der Waals surface area contributed by atoms with Crippen LogP contribution < -0.4 is 14.8 Å². The number of benzene rings is 2. The molecule has 0 amide bonds. The summed E-state index contributed by atoms with van der Waals surface area (Å²) in [6.07, 6.45) is 1.02. The molecule has 0 saturated heterocycles. The van der Waals surface area contributed by atoms with Crippen LogP contribution >= 0.6 is 0 Å². The average Bonchev–Trinajstić information content (AvgIpc) is 2.54. The second-order valence-corrected chi connectivity index (χ2v) is 5.13. The fourth-order valence-electron chi connectivity index (χ4n) is 2.39. The SMILES string of the molecule is CNC(C)Cc1ccc(-c2cccc(OC)c2OC)cc1. The Labute approximate surface area is 126 Å². The van der Waals surface area contributed by atoms with E-state index < -0.39 is 0 Å². The van der Waals surface area contributed by atoms with Crippen LogP contribution in [0.5, 0.6) is 11.5 Å². The van der Waals surface area contributed by atoms with Crippen molar-refractivity contribution >= 4 is 0 Å². The van der Waals surface area contributed by atoms with Gasteiger partial charge in [0.05, 0.1) is 14.2 Å². The molecule has 1 atom stereocenters. The quantitative estimate of drug-likeness (QED) is 0.881. The first-order chi connectivity index (χ1) is 10.2. The van der Waals surface area contributed by atoms with E-state index in [1.165, 1.54) is 5.56 Å². The predicted molar refractivity (Wildman–Crippen MR) is 87.2 cm³/mol. The summed E-state index contributed by atoms with van der Waals surface area (Å²) in [6.45, 7) is 2.18. The topological polar surface area (TPSA) is 30.5 Å². The first-order valence-electron chi connectivity index (χ1n) is 7.17. The highest BCUT2D eigenvalue weighted by Crippen LogP contribution is 2.37. The number of rotatable bonds is 6. The zero-order chi connectivity index (χ0) is 15.2. The van der Waals surface area contributed by atoms with Gasteiger partial charge in [0.25, 0.3) is 0 Å². The Bertz CT molecular complexity index is 578. The highest BCUT2D eigenvalue weighted by Gasteiger charge is 2.11. The van der Waals surface area contributed by atoms with Gasteiger partial charge in [-0.25, -0.2) is 0 Å². The number of ether oxygens (including phenoxy) is 2. The summed E-state index contributed by atoms with van der Waals surface area (Å²) in [7, 11) is 5.31. The van der Waals surface area contributed by atoms with Crippen LogP contribution in [0.15, 0.2) is 42.5 Å². The molecule has 0 aliphatic carbocycles. The van der Waals surface area contributed by atoms with E-state index in [0.29, 0.717) is 6.04 Å². The molecule has 0 heterocycles. The van der Waals surface area contributed by atoms with Gasteiger partial charge in [-0.3, -0.25) is 0 Å². The van der Waals surface area contributed by atoms with Crippen LogP contribution in [-0.2, 0) is 6.42 Å². The lowest BCUT2D eigenvalue weighted by Crippen LogP contribution is -2.23. The van der Waals surface area contributed by atoms with Gasteiger partial charge < -0.3 is 14.8 Å². The Morgan fingerprint density at radius 2 is 1.71 bits per heavy atom. The lowest BCUT2D eigenvalue weighted by Gasteiger charge is -2.14. The second-order valence-electron chi connectivity index (χ2n) is 5.13.